The van der Waals surface area contributed by atoms with Crippen molar-refractivity contribution >= 4 is 11.7 Å². The number of rotatable bonds is 4. The fraction of sp³-hybridized carbons (Fsp3) is 0.500. The number of Topliss-reactive ketones (excluding diaryl/α,β-unsaturated/α-hetero) is 1. The molecule has 1 N–H and O–H groups in total. The minimum Gasteiger partial charge on any atom is -0.496 e. The van der Waals surface area contributed by atoms with Crippen LogP contribution in [0.5, 0.6) is 11.5 Å². The normalized spacial score (nSPS) is 20.4. The minimum absolute atomic E-state index is 0.0341. The lowest BCUT2D eigenvalue weighted by molar-refractivity contribution is -0.130. The molecule has 0 aromatic heterocycles. The summed E-state index contributed by atoms with van der Waals surface area (Å²) in [7, 11) is 3.23. The summed E-state index contributed by atoms with van der Waals surface area (Å²) in [4.78, 5) is 23.6. The van der Waals surface area contributed by atoms with E-state index in [0.29, 0.717) is 19.3 Å². The molecule has 114 valence electrons. The predicted molar refractivity (Wildman–Crippen MR) is 78.8 cm³/mol. The Kier molecular flexibility index (Phi) is 4.21. The van der Waals surface area contributed by atoms with Crippen molar-refractivity contribution in [2.45, 2.75) is 38.6 Å². The number of carbonyl (C=O) groups is 2. The van der Waals surface area contributed by atoms with Crippen LogP contribution in [0.25, 0.3) is 0 Å². The van der Waals surface area contributed by atoms with Crippen molar-refractivity contribution in [1.29, 1.82) is 0 Å². The van der Waals surface area contributed by atoms with Crippen molar-refractivity contribution in [1.82, 2.24) is 5.32 Å². The van der Waals surface area contributed by atoms with Crippen LogP contribution in [0.3, 0.4) is 0 Å². The molecule has 0 saturated carbocycles. The van der Waals surface area contributed by atoms with Gasteiger partial charge in [-0.3, -0.25) is 9.59 Å². The topological polar surface area (TPSA) is 64.6 Å². The molecule has 0 unspecified atom stereocenters. The molecule has 1 atom stereocenters. The molecule has 2 rings (SSSR count). The molecule has 5 heteroatoms. The van der Waals surface area contributed by atoms with Gasteiger partial charge in [-0.2, -0.15) is 0 Å². The highest BCUT2D eigenvalue weighted by atomic mass is 16.5. The summed E-state index contributed by atoms with van der Waals surface area (Å²) in [6, 6.07) is 3.71. The zero-order valence-electron chi connectivity index (χ0n) is 12.9. The fourth-order valence-electron chi connectivity index (χ4n) is 3.06. The van der Waals surface area contributed by atoms with Crippen LogP contribution in [0.2, 0.25) is 0 Å². The van der Waals surface area contributed by atoms with Gasteiger partial charge in [0.1, 0.15) is 17.0 Å². The molecular formula is C16H21NO4. The van der Waals surface area contributed by atoms with Gasteiger partial charge in [-0.1, -0.05) is 0 Å². The highest BCUT2D eigenvalue weighted by Gasteiger charge is 2.41. The smallest absolute Gasteiger partial charge is 0.217 e. The number of benzene rings is 1. The van der Waals surface area contributed by atoms with Crippen molar-refractivity contribution in [2.24, 2.45) is 0 Å². The standard InChI is InChI=1S/C16H21NO4/c1-10(18)16(17-11(2)19)8-7-12-13(9-16)15(21-4)6-5-14(12)20-3/h5-6H,7-9H2,1-4H3,(H,17,19)/t16-/m0/s1. The maximum absolute atomic E-state index is 12.1. The third-order valence-electron chi connectivity index (χ3n) is 4.15. The fourth-order valence-corrected chi connectivity index (χ4v) is 3.06. The van der Waals surface area contributed by atoms with Gasteiger partial charge in [0.05, 0.1) is 14.2 Å². The van der Waals surface area contributed by atoms with Gasteiger partial charge in [0.25, 0.3) is 0 Å². The van der Waals surface area contributed by atoms with E-state index in [-0.39, 0.29) is 11.7 Å². The van der Waals surface area contributed by atoms with Gasteiger partial charge in [-0.15, -0.1) is 0 Å². The highest BCUT2D eigenvalue weighted by Crippen LogP contribution is 2.39. The number of ketones is 1. The number of ether oxygens (including phenoxy) is 2. The molecule has 0 heterocycles. The number of hydrogen-bond acceptors (Lipinski definition) is 4. The van der Waals surface area contributed by atoms with Gasteiger partial charge in [-0.25, -0.2) is 0 Å². The summed E-state index contributed by atoms with van der Waals surface area (Å²) in [5.41, 5.74) is 1.14. The first-order chi connectivity index (χ1) is 9.93. The predicted octanol–water partition coefficient (Wildman–Crippen LogP) is 1.66. The van der Waals surface area contributed by atoms with E-state index in [2.05, 4.69) is 5.32 Å². The molecule has 21 heavy (non-hydrogen) atoms. The number of hydrogen-bond donors (Lipinski definition) is 1. The number of fused-ring (bicyclic) bond motifs is 1. The molecule has 1 aromatic carbocycles. The summed E-state index contributed by atoms with van der Waals surface area (Å²) in [5.74, 6) is 1.29. The molecule has 1 aliphatic rings. The monoisotopic (exact) mass is 291 g/mol. The van der Waals surface area contributed by atoms with Crippen LogP contribution in [-0.2, 0) is 22.4 Å². The zero-order valence-corrected chi connectivity index (χ0v) is 12.9. The Bertz CT molecular complexity index is 582. The van der Waals surface area contributed by atoms with E-state index in [1.807, 2.05) is 12.1 Å². The molecule has 1 amide bonds. The number of carbonyl (C=O) groups excluding carboxylic acids is 2. The number of nitrogens with one attached hydrogen (secondary N) is 1. The molecule has 0 fully saturated rings. The Hall–Kier alpha value is -2.04. The average Bonchev–Trinajstić information content (AvgIpc) is 2.45. The molecule has 0 radical (unpaired) electrons. The quantitative estimate of drug-likeness (QED) is 0.916. The molecule has 0 bridgehead atoms. The Morgan fingerprint density at radius 1 is 1.10 bits per heavy atom. The Morgan fingerprint density at radius 2 is 1.67 bits per heavy atom. The first kappa shape index (κ1) is 15.4. The van der Waals surface area contributed by atoms with E-state index < -0.39 is 5.54 Å². The molecular weight excluding hydrogens is 270 g/mol. The lowest BCUT2D eigenvalue weighted by atomic mass is 9.75. The SMILES string of the molecule is COc1ccc(OC)c2c1CC[C@@](NC(C)=O)(C(C)=O)C2. The summed E-state index contributed by atoms with van der Waals surface area (Å²) < 4.78 is 10.8. The van der Waals surface area contributed by atoms with Crippen LogP contribution in [0.15, 0.2) is 12.1 Å². The van der Waals surface area contributed by atoms with Crippen LogP contribution in [0.1, 0.15) is 31.4 Å². The third-order valence-corrected chi connectivity index (χ3v) is 4.15. The van der Waals surface area contributed by atoms with Crippen molar-refractivity contribution in [3.05, 3.63) is 23.3 Å². The lowest BCUT2D eigenvalue weighted by Gasteiger charge is -2.37. The van der Waals surface area contributed by atoms with Gasteiger partial charge in [0.2, 0.25) is 5.91 Å². The summed E-state index contributed by atoms with van der Waals surface area (Å²) in [6.07, 6.45) is 1.66. The van der Waals surface area contributed by atoms with Gasteiger partial charge in [0, 0.05) is 24.5 Å². The minimum atomic E-state index is -0.849. The largest absolute Gasteiger partial charge is 0.496 e. The molecule has 0 aliphatic heterocycles. The molecule has 1 aromatic rings. The Labute approximate surface area is 124 Å². The molecule has 0 spiro atoms. The van der Waals surface area contributed by atoms with Crippen molar-refractivity contribution < 1.29 is 19.1 Å². The van der Waals surface area contributed by atoms with E-state index in [9.17, 15) is 9.59 Å². The van der Waals surface area contributed by atoms with Crippen LogP contribution in [0.4, 0.5) is 0 Å². The van der Waals surface area contributed by atoms with E-state index in [1.165, 1.54) is 13.8 Å². The second-order valence-electron chi connectivity index (χ2n) is 5.42. The number of methoxy groups -OCH3 is 2. The maximum Gasteiger partial charge on any atom is 0.217 e. The van der Waals surface area contributed by atoms with Crippen molar-refractivity contribution in [3.63, 3.8) is 0 Å². The van der Waals surface area contributed by atoms with E-state index in [1.54, 1.807) is 14.2 Å². The van der Waals surface area contributed by atoms with Gasteiger partial charge in [-0.05, 0) is 31.9 Å². The van der Waals surface area contributed by atoms with Crippen molar-refractivity contribution in [3.8, 4) is 11.5 Å². The second kappa shape index (κ2) is 5.76. The van der Waals surface area contributed by atoms with Crippen LogP contribution in [-0.4, -0.2) is 31.4 Å². The zero-order chi connectivity index (χ0) is 15.6. The van der Waals surface area contributed by atoms with E-state index in [0.717, 1.165) is 22.6 Å². The van der Waals surface area contributed by atoms with Crippen LogP contribution < -0.4 is 14.8 Å². The average molecular weight is 291 g/mol. The second-order valence-corrected chi connectivity index (χ2v) is 5.42. The van der Waals surface area contributed by atoms with Crippen molar-refractivity contribution in [2.75, 3.05) is 14.2 Å². The molecule has 0 saturated heterocycles. The van der Waals surface area contributed by atoms with Gasteiger partial charge in [0.15, 0.2) is 5.78 Å². The van der Waals surface area contributed by atoms with Crippen LogP contribution in [0, 0.1) is 0 Å². The summed E-state index contributed by atoms with van der Waals surface area (Å²) in [6.45, 7) is 2.95. The van der Waals surface area contributed by atoms with Gasteiger partial charge < -0.3 is 14.8 Å². The number of amides is 1. The third kappa shape index (κ3) is 2.73. The summed E-state index contributed by atoms with van der Waals surface area (Å²) in [5, 5.41) is 2.84. The first-order valence-electron chi connectivity index (χ1n) is 6.96. The summed E-state index contributed by atoms with van der Waals surface area (Å²) >= 11 is 0. The van der Waals surface area contributed by atoms with E-state index >= 15 is 0 Å². The maximum atomic E-state index is 12.1. The Balaban J connectivity index is 2.50. The highest BCUT2D eigenvalue weighted by molar-refractivity contribution is 5.91. The first-order valence-corrected chi connectivity index (χ1v) is 6.96. The Morgan fingerprint density at radius 3 is 2.14 bits per heavy atom. The lowest BCUT2D eigenvalue weighted by Crippen LogP contribution is -2.56. The van der Waals surface area contributed by atoms with E-state index in [4.69, 9.17) is 9.47 Å². The molecule has 1 aliphatic carbocycles. The van der Waals surface area contributed by atoms with Crippen LogP contribution >= 0.6 is 0 Å². The molecule has 5 nitrogen and oxygen atoms in total. The van der Waals surface area contributed by atoms with Gasteiger partial charge >= 0.3 is 0 Å².